The molecule has 4 nitrogen and oxygen atoms in total. The number of carbonyl (C=O) groups excluding carboxylic acids is 1. The van der Waals surface area contributed by atoms with Gasteiger partial charge in [0.05, 0.1) is 19.1 Å². The van der Waals surface area contributed by atoms with E-state index in [0.717, 1.165) is 23.3 Å². The number of hydrogen-bond acceptors (Lipinski definition) is 3. The lowest BCUT2D eigenvalue weighted by atomic mass is 10.1. The van der Waals surface area contributed by atoms with Gasteiger partial charge in [-0.05, 0) is 49.7 Å². The van der Waals surface area contributed by atoms with Crippen molar-refractivity contribution in [2.75, 3.05) is 26.2 Å². The molecule has 1 aliphatic heterocycles. The molecule has 0 saturated carbocycles. The third-order valence-electron chi connectivity index (χ3n) is 4.65. The fourth-order valence-corrected chi connectivity index (χ4v) is 3.68. The van der Waals surface area contributed by atoms with Crippen LogP contribution >= 0.6 is 15.9 Å². The minimum atomic E-state index is 0.0279. The van der Waals surface area contributed by atoms with Crippen LogP contribution in [0.4, 0.5) is 0 Å². The first-order valence-corrected chi connectivity index (χ1v) is 9.96. The molecule has 138 valence electrons. The molecular weight excluding hydrogens is 392 g/mol. The van der Waals surface area contributed by atoms with Crippen LogP contribution in [-0.2, 0) is 4.79 Å². The van der Waals surface area contributed by atoms with Gasteiger partial charge in [-0.25, -0.2) is 0 Å². The lowest BCUT2D eigenvalue weighted by molar-refractivity contribution is -0.121. The lowest BCUT2D eigenvalue weighted by Crippen LogP contribution is -2.37. The summed E-state index contributed by atoms with van der Waals surface area (Å²) in [5.74, 6) is 0.798. The summed E-state index contributed by atoms with van der Waals surface area (Å²) in [4.78, 5) is 14.7. The Labute approximate surface area is 163 Å². The highest BCUT2D eigenvalue weighted by molar-refractivity contribution is 9.10. The fraction of sp³-hybridized carbons (Fsp3) is 0.381. The second kappa shape index (κ2) is 9.74. The second-order valence-corrected chi connectivity index (χ2v) is 7.45. The summed E-state index contributed by atoms with van der Waals surface area (Å²) < 4.78 is 6.62. The van der Waals surface area contributed by atoms with Gasteiger partial charge < -0.3 is 10.1 Å². The van der Waals surface area contributed by atoms with E-state index in [0.29, 0.717) is 19.6 Å². The summed E-state index contributed by atoms with van der Waals surface area (Å²) in [5.41, 5.74) is 1.26. The molecule has 1 unspecified atom stereocenters. The van der Waals surface area contributed by atoms with Gasteiger partial charge in [-0.3, -0.25) is 9.69 Å². The van der Waals surface area contributed by atoms with Crippen molar-refractivity contribution in [3.63, 3.8) is 0 Å². The molecule has 1 amide bonds. The zero-order chi connectivity index (χ0) is 18.2. The summed E-state index contributed by atoms with van der Waals surface area (Å²) in [5, 5.41) is 3.09. The number of carbonyl (C=O) groups is 1. The molecule has 0 spiro atoms. The van der Waals surface area contributed by atoms with Crippen LogP contribution in [-0.4, -0.2) is 37.0 Å². The van der Waals surface area contributed by atoms with Crippen molar-refractivity contribution in [2.45, 2.75) is 25.3 Å². The molecule has 1 aliphatic rings. The lowest BCUT2D eigenvalue weighted by Gasteiger charge is -2.28. The molecule has 5 heteroatoms. The minimum Gasteiger partial charge on any atom is -0.493 e. The first-order chi connectivity index (χ1) is 12.7. The number of hydrogen-bond donors (Lipinski definition) is 1. The van der Waals surface area contributed by atoms with E-state index in [1.807, 2.05) is 30.3 Å². The molecule has 0 radical (unpaired) electrons. The van der Waals surface area contributed by atoms with Gasteiger partial charge >= 0.3 is 0 Å². The highest BCUT2D eigenvalue weighted by atomic mass is 79.9. The average Bonchev–Trinajstić information content (AvgIpc) is 3.17. The summed E-state index contributed by atoms with van der Waals surface area (Å²) in [6, 6.07) is 18.3. The Morgan fingerprint density at radius 1 is 1.12 bits per heavy atom. The van der Waals surface area contributed by atoms with Gasteiger partial charge in [0.15, 0.2) is 0 Å². The maximum Gasteiger partial charge on any atom is 0.223 e. The number of amides is 1. The van der Waals surface area contributed by atoms with Crippen molar-refractivity contribution in [2.24, 2.45) is 0 Å². The van der Waals surface area contributed by atoms with Crippen LogP contribution in [0.2, 0.25) is 0 Å². The number of ether oxygens (including phenoxy) is 1. The standard InChI is InChI=1S/C21H25BrN2O2/c22-18-9-6-10-19(15-18)26-14-11-21(25)23-16-20(24-12-4-5-13-24)17-7-2-1-3-8-17/h1-3,6-10,15,20H,4-5,11-14,16H2,(H,23,25). The average molecular weight is 417 g/mol. The number of halogens is 1. The molecule has 3 rings (SSSR count). The van der Waals surface area contributed by atoms with Crippen LogP contribution in [0.25, 0.3) is 0 Å². The van der Waals surface area contributed by atoms with Crippen molar-refractivity contribution in [3.8, 4) is 5.75 Å². The number of likely N-dealkylation sites (tertiary alicyclic amines) is 1. The van der Waals surface area contributed by atoms with Gasteiger partial charge in [-0.15, -0.1) is 0 Å². The number of nitrogens with zero attached hydrogens (tertiary/aromatic N) is 1. The molecule has 0 aliphatic carbocycles. The van der Waals surface area contributed by atoms with Crippen LogP contribution in [0.5, 0.6) is 5.75 Å². The molecule has 26 heavy (non-hydrogen) atoms. The fourth-order valence-electron chi connectivity index (χ4n) is 3.30. The van der Waals surface area contributed by atoms with Crippen molar-refractivity contribution in [1.29, 1.82) is 0 Å². The predicted octanol–water partition coefficient (Wildman–Crippen LogP) is 4.17. The topological polar surface area (TPSA) is 41.6 Å². The van der Waals surface area contributed by atoms with Gasteiger partial charge in [0.25, 0.3) is 0 Å². The minimum absolute atomic E-state index is 0.0279. The third kappa shape index (κ3) is 5.58. The monoisotopic (exact) mass is 416 g/mol. The summed E-state index contributed by atoms with van der Waals surface area (Å²) in [6.07, 6.45) is 2.82. The maximum absolute atomic E-state index is 12.2. The first kappa shape index (κ1) is 18.9. The van der Waals surface area contributed by atoms with Crippen molar-refractivity contribution < 1.29 is 9.53 Å². The van der Waals surface area contributed by atoms with Crippen LogP contribution < -0.4 is 10.1 Å². The third-order valence-corrected chi connectivity index (χ3v) is 5.15. The van der Waals surface area contributed by atoms with Crippen molar-refractivity contribution in [1.82, 2.24) is 10.2 Å². The molecule has 2 aromatic carbocycles. The molecule has 1 N–H and O–H groups in total. The van der Waals surface area contributed by atoms with E-state index in [1.54, 1.807) is 0 Å². The molecule has 1 atom stereocenters. The van der Waals surface area contributed by atoms with Gasteiger partial charge in [-0.1, -0.05) is 52.3 Å². The van der Waals surface area contributed by atoms with E-state index in [-0.39, 0.29) is 11.9 Å². The first-order valence-electron chi connectivity index (χ1n) is 9.16. The molecule has 2 aromatic rings. The summed E-state index contributed by atoms with van der Waals surface area (Å²) in [7, 11) is 0. The molecule has 0 bridgehead atoms. The molecule has 1 fully saturated rings. The van der Waals surface area contributed by atoms with Gasteiger partial charge in [0.1, 0.15) is 5.75 Å². The summed E-state index contributed by atoms with van der Waals surface area (Å²) >= 11 is 3.41. The SMILES string of the molecule is O=C(CCOc1cccc(Br)c1)NCC(c1ccccc1)N1CCCC1. The Morgan fingerprint density at radius 3 is 2.62 bits per heavy atom. The van der Waals surface area contributed by atoms with Crippen molar-refractivity contribution in [3.05, 3.63) is 64.6 Å². The molecular formula is C21H25BrN2O2. The van der Waals surface area contributed by atoms with Crippen LogP contribution in [0.3, 0.4) is 0 Å². The Kier molecular flexibility index (Phi) is 7.09. The maximum atomic E-state index is 12.2. The number of benzene rings is 2. The van der Waals surface area contributed by atoms with Crippen molar-refractivity contribution >= 4 is 21.8 Å². The van der Waals surface area contributed by atoms with Gasteiger partial charge in [0, 0.05) is 11.0 Å². The predicted molar refractivity (Wildman–Crippen MR) is 107 cm³/mol. The van der Waals surface area contributed by atoms with E-state index in [2.05, 4.69) is 50.4 Å². The van der Waals surface area contributed by atoms with Gasteiger partial charge in [0.2, 0.25) is 5.91 Å². The molecule has 1 saturated heterocycles. The van der Waals surface area contributed by atoms with Crippen LogP contribution in [0.1, 0.15) is 30.9 Å². The Morgan fingerprint density at radius 2 is 1.88 bits per heavy atom. The van der Waals surface area contributed by atoms with Gasteiger partial charge in [-0.2, -0.15) is 0 Å². The quantitative estimate of drug-likeness (QED) is 0.701. The smallest absolute Gasteiger partial charge is 0.223 e. The van der Waals surface area contributed by atoms with Crippen LogP contribution in [0.15, 0.2) is 59.1 Å². The highest BCUT2D eigenvalue weighted by Crippen LogP contribution is 2.24. The van der Waals surface area contributed by atoms with E-state index in [9.17, 15) is 4.79 Å². The largest absolute Gasteiger partial charge is 0.493 e. The van der Waals surface area contributed by atoms with E-state index < -0.39 is 0 Å². The number of rotatable bonds is 8. The van der Waals surface area contributed by atoms with E-state index in [4.69, 9.17) is 4.74 Å². The summed E-state index contributed by atoms with van der Waals surface area (Å²) in [6.45, 7) is 3.21. The zero-order valence-electron chi connectivity index (χ0n) is 14.9. The molecule has 0 aromatic heterocycles. The highest BCUT2D eigenvalue weighted by Gasteiger charge is 2.23. The van der Waals surface area contributed by atoms with E-state index in [1.165, 1.54) is 18.4 Å². The molecule has 1 heterocycles. The second-order valence-electron chi connectivity index (χ2n) is 6.53. The van der Waals surface area contributed by atoms with Crippen LogP contribution in [0, 0.1) is 0 Å². The Hall–Kier alpha value is -1.85. The van der Waals surface area contributed by atoms with E-state index >= 15 is 0 Å². The number of nitrogens with one attached hydrogen (secondary N) is 1. The Bertz CT molecular complexity index is 702. The zero-order valence-corrected chi connectivity index (χ0v) is 16.5. The Balaban J connectivity index is 1.48. The normalized spacial score (nSPS) is 15.6.